The lowest BCUT2D eigenvalue weighted by atomic mass is 10.1. The summed E-state index contributed by atoms with van der Waals surface area (Å²) >= 11 is 12.6. The number of amides is 2. The van der Waals surface area contributed by atoms with Crippen LogP contribution in [-0.4, -0.2) is 69.2 Å². The first-order valence-corrected chi connectivity index (χ1v) is 12.3. The number of carbonyl (C=O) groups excluding carboxylic acids is 2. The van der Waals surface area contributed by atoms with Gasteiger partial charge >= 0.3 is 0 Å². The van der Waals surface area contributed by atoms with E-state index in [1.165, 1.54) is 11.2 Å². The number of rotatable bonds is 5. The molecular formula is C25H27Cl2N7O2. The second kappa shape index (κ2) is 11.1. The van der Waals surface area contributed by atoms with Crippen LogP contribution in [0, 0.1) is 0 Å². The molecule has 5 rings (SSSR count). The maximum Gasteiger partial charge on any atom is 0.255 e. The van der Waals surface area contributed by atoms with Crippen LogP contribution < -0.4 is 5.32 Å². The third-order valence-corrected chi connectivity index (χ3v) is 6.33. The highest BCUT2D eigenvalue weighted by atomic mass is 35.5. The van der Waals surface area contributed by atoms with Crippen molar-refractivity contribution in [3.8, 4) is 0 Å². The minimum Gasteiger partial charge on any atom is -0.360 e. The van der Waals surface area contributed by atoms with Crippen LogP contribution in [0.4, 0.5) is 5.82 Å². The van der Waals surface area contributed by atoms with E-state index in [4.69, 9.17) is 23.2 Å². The van der Waals surface area contributed by atoms with E-state index in [1.807, 2.05) is 30.0 Å². The number of benzene rings is 2. The lowest BCUT2D eigenvalue weighted by Crippen LogP contribution is -2.27. The number of hydrogen-bond donors (Lipinski definition) is 2. The van der Waals surface area contributed by atoms with E-state index in [0.29, 0.717) is 26.9 Å². The van der Waals surface area contributed by atoms with Crippen molar-refractivity contribution in [2.45, 2.75) is 25.8 Å². The van der Waals surface area contributed by atoms with Gasteiger partial charge in [-0.25, -0.2) is 15.0 Å². The van der Waals surface area contributed by atoms with Gasteiger partial charge in [-0.05, 0) is 50.1 Å². The lowest BCUT2D eigenvalue weighted by molar-refractivity contribution is -0.115. The van der Waals surface area contributed by atoms with Crippen molar-refractivity contribution in [3.63, 3.8) is 0 Å². The number of likely N-dealkylation sites (tertiary alicyclic amines) is 1. The van der Waals surface area contributed by atoms with Crippen LogP contribution in [0.15, 0.2) is 36.7 Å². The van der Waals surface area contributed by atoms with Gasteiger partial charge in [0.2, 0.25) is 6.41 Å². The SMILES string of the molecule is CC(Nc1ncnc2cc(C(=O)N3CCCC3)c(Cl)cc12)c1nc2ccc(Cl)cc2[nH]1.CN(C)C=O. The number of nitrogens with zero attached hydrogens (tertiary/aromatic N) is 5. The number of hydrogen-bond acceptors (Lipinski definition) is 6. The van der Waals surface area contributed by atoms with E-state index in [0.717, 1.165) is 54.6 Å². The Morgan fingerprint density at radius 2 is 1.86 bits per heavy atom. The molecule has 0 bridgehead atoms. The molecule has 0 saturated carbocycles. The van der Waals surface area contributed by atoms with Crippen LogP contribution in [0.25, 0.3) is 21.9 Å². The molecule has 36 heavy (non-hydrogen) atoms. The Balaban J connectivity index is 0.000000556. The average molecular weight is 528 g/mol. The molecule has 0 aliphatic carbocycles. The first kappa shape index (κ1) is 25.7. The van der Waals surface area contributed by atoms with Gasteiger partial charge in [0, 0.05) is 37.6 Å². The fraction of sp³-hybridized carbons (Fsp3) is 0.320. The summed E-state index contributed by atoms with van der Waals surface area (Å²) in [5, 5.41) is 5.17. The van der Waals surface area contributed by atoms with Gasteiger partial charge in [-0.15, -0.1) is 0 Å². The topological polar surface area (TPSA) is 107 Å². The van der Waals surface area contributed by atoms with Crippen molar-refractivity contribution >= 4 is 63.3 Å². The van der Waals surface area contributed by atoms with E-state index in [2.05, 4.69) is 25.3 Å². The predicted molar refractivity (Wildman–Crippen MR) is 143 cm³/mol. The number of fused-ring (bicyclic) bond motifs is 2. The quantitative estimate of drug-likeness (QED) is 0.356. The molecule has 1 unspecified atom stereocenters. The summed E-state index contributed by atoms with van der Waals surface area (Å²) in [6, 6.07) is 8.89. The van der Waals surface area contributed by atoms with E-state index < -0.39 is 0 Å². The predicted octanol–water partition coefficient (Wildman–Crippen LogP) is 4.93. The Hall–Kier alpha value is -3.43. The van der Waals surface area contributed by atoms with Crippen LogP contribution >= 0.6 is 23.2 Å². The highest BCUT2D eigenvalue weighted by Crippen LogP contribution is 2.30. The van der Waals surface area contributed by atoms with Crippen molar-refractivity contribution in [2.75, 3.05) is 32.5 Å². The standard InChI is InChI=1S/C22H20Cl2N6O.C3H7NO/c1-12(20-28-17-5-4-13(23)8-19(17)29-20)27-21-15-9-16(24)14(10-18(15)25-11-26-21)22(31)30-6-2-3-7-30;1-4(2)3-5/h4-5,8-12H,2-3,6-7H2,1H3,(H,28,29)(H,25,26,27);3H,1-2H3. The van der Waals surface area contributed by atoms with E-state index in [9.17, 15) is 9.59 Å². The van der Waals surface area contributed by atoms with Crippen molar-refractivity contribution in [3.05, 3.63) is 58.1 Å². The van der Waals surface area contributed by atoms with Gasteiger partial charge in [-0.3, -0.25) is 9.59 Å². The maximum absolute atomic E-state index is 12.8. The van der Waals surface area contributed by atoms with Crippen molar-refractivity contribution in [1.82, 2.24) is 29.7 Å². The minimum atomic E-state index is -0.158. The molecule has 188 valence electrons. The molecule has 4 aromatic rings. The minimum absolute atomic E-state index is 0.0492. The van der Waals surface area contributed by atoms with Gasteiger partial charge in [0.1, 0.15) is 18.0 Å². The lowest BCUT2D eigenvalue weighted by Gasteiger charge is -2.17. The van der Waals surface area contributed by atoms with Crippen molar-refractivity contribution < 1.29 is 9.59 Å². The highest BCUT2D eigenvalue weighted by Gasteiger charge is 2.23. The van der Waals surface area contributed by atoms with Gasteiger partial charge < -0.3 is 20.1 Å². The Morgan fingerprint density at radius 3 is 2.56 bits per heavy atom. The van der Waals surface area contributed by atoms with Crippen LogP contribution in [0.2, 0.25) is 10.0 Å². The molecule has 3 heterocycles. The largest absolute Gasteiger partial charge is 0.360 e. The number of anilines is 1. The van der Waals surface area contributed by atoms with Crippen LogP contribution in [0.3, 0.4) is 0 Å². The molecule has 2 aromatic heterocycles. The normalized spacial score (nSPS) is 13.9. The first-order valence-electron chi connectivity index (χ1n) is 11.5. The number of halogens is 2. The number of imidazole rings is 1. The molecule has 2 amide bonds. The molecule has 9 nitrogen and oxygen atoms in total. The van der Waals surface area contributed by atoms with E-state index in [1.54, 1.807) is 26.2 Å². The summed E-state index contributed by atoms with van der Waals surface area (Å²) < 4.78 is 0. The Morgan fingerprint density at radius 1 is 1.14 bits per heavy atom. The molecule has 1 atom stereocenters. The molecule has 1 fully saturated rings. The molecule has 11 heteroatoms. The van der Waals surface area contributed by atoms with Gasteiger partial charge in [-0.2, -0.15) is 0 Å². The molecule has 1 aliphatic heterocycles. The van der Waals surface area contributed by atoms with Crippen LogP contribution in [-0.2, 0) is 4.79 Å². The average Bonchev–Trinajstić information content (AvgIpc) is 3.54. The summed E-state index contributed by atoms with van der Waals surface area (Å²) in [6.07, 6.45) is 4.28. The smallest absolute Gasteiger partial charge is 0.255 e. The first-order chi connectivity index (χ1) is 17.3. The van der Waals surface area contributed by atoms with E-state index in [-0.39, 0.29) is 11.9 Å². The van der Waals surface area contributed by atoms with Crippen molar-refractivity contribution in [2.24, 2.45) is 0 Å². The molecular weight excluding hydrogens is 501 g/mol. The van der Waals surface area contributed by atoms with Crippen LogP contribution in [0.1, 0.15) is 42.0 Å². The molecule has 1 saturated heterocycles. The van der Waals surface area contributed by atoms with E-state index >= 15 is 0 Å². The molecule has 0 radical (unpaired) electrons. The summed E-state index contributed by atoms with van der Waals surface area (Å²) in [6.45, 7) is 3.52. The van der Waals surface area contributed by atoms with Gasteiger partial charge in [0.05, 0.1) is 33.2 Å². The van der Waals surface area contributed by atoms with Gasteiger partial charge in [0.25, 0.3) is 5.91 Å². The molecule has 2 aromatic carbocycles. The summed E-state index contributed by atoms with van der Waals surface area (Å²) in [7, 11) is 3.38. The Kier molecular flexibility index (Phi) is 7.91. The number of aromatic amines is 1. The molecule has 0 spiro atoms. The zero-order valence-corrected chi connectivity index (χ0v) is 21.8. The second-order valence-corrected chi connectivity index (χ2v) is 9.63. The Bertz CT molecular complexity index is 1400. The fourth-order valence-corrected chi connectivity index (χ4v) is 4.34. The monoisotopic (exact) mass is 527 g/mol. The third-order valence-electron chi connectivity index (χ3n) is 5.78. The highest BCUT2D eigenvalue weighted by molar-refractivity contribution is 6.35. The summed E-state index contributed by atoms with van der Waals surface area (Å²) in [4.78, 5) is 42.2. The maximum atomic E-state index is 12.8. The van der Waals surface area contributed by atoms with Crippen LogP contribution in [0.5, 0.6) is 0 Å². The molecule has 1 aliphatic rings. The third kappa shape index (κ3) is 5.68. The number of carbonyl (C=O) groups is 2. The Labute approximate surface area is 218 Å². The zero-order chi connectivity index (χ0) is 25.8. The van der Waals surface area contributed by atoms with Crippen molar-refractivity contribution in [1.29, 1.82) is 0 Å². The molecule has 2 N–H and O–H groups in total. The number of aromatic nitrogens is 4. The van der Waals surface area contributed by atoms with Gasteiger partial charge in [0.15, 0.2) is 0 Å². The second-order valence-electron chi connectivity index (χ2n) is 8.79. The zero-order valence-electron chi connectivity index (χ0n) is 20.3. The summed E-state index contributed by atoms with van der Waals surface area (Å²) in [5.74, 6) is 1.33. The summed E-state index contributed by atoms with van der Waals surface area (Å²) in [5.41, 5.74) is 2.85. The fourth-order valence-electron chi connectivity index (χ4n) is 3.93. The van der Waals surface area contributed by atoms with Gasteiger partial charge in [-0.1, -0.05) is 23.2 Å². The number of nitrogens with one attached hydrogen (secondary N) is 2. The number of H-pyrrole nitrogens is 1.